The van der Waals surface area contributed by atoms with E-state index in [2.05, 4.69) is 5.32 Å². The number of carbonyl (C=O) groups excluding carboxylic acids is 2. The number of esters is 1. The minimum atomic E-state index is -0.957. The molecule has 1 N–H and O–H groups in total. The fraction of sp³-hybridized carbons (Fsp3) is 0.238. The zero-order chi connectivity index (χ0) is 18.5. The number of hydrogen-bond donors (Lipinski definition) is 1. The van der Waals surface area contributed by atoms with E-state index in [0.717, 1.165) is 25.3 Å². The van der Waals surface area contributed by atoms with Crippen molar-refractivity contribution in [3.63, 3.8) is 0 Å². The average Bonchev–Trinajstić information content (AvgIpc) is 3.08. The van der Waals surface area contributed by atoms with Gasteiger partial charge >= 0.3 is 5.97 Å². The van der Waals surface area contributed by atoms with Gasteiger partial charge in [-0.3, -0.25) is 4.79 Å². The normalized spacial score (nSPS) is 14.1. The Morgan fingerprint density at radius 2 is 1.92 bits per heavy atom. The highest BCUT2D eigenvalue weighted by Gasteiger charge is 2.18. The highest BCUT2D eigenvalue weighted by Crippen LogP contribution is 2.25. The summed E-state index contributed by atoms with van der Waals surface area (Å²) in [5.74, 6) is -1.54. The fourth-order valence-corrected chi connectivity index (χ4v) is 2.93. The predicted octanol–water partition coefficient (Wildman–Crippen LogP) is 3.90. The van der Waals surface area contributed by atoms with E-state index < -0.39 is 23.8 Å². The van der Waals surface area contributed by atoms with Crippen LogP contribution in [0, 0.1) is 5.82 Å². The molecular formula is C21H20FNO3. The van der Waals surface area contributed by atoms with Crippen molar-refractivity contribution >= 4 is 23.6 Å². The van der Waals surface area contributed by atoms with Gasteiger partial charge in [-0.05, 0) is 61.6 Å². The van der Waals surface area contributed by atoms with Crippen LogP contribution in [0.5, 0.6) is 0 Å². The van der Waals surface area contributed by atoms with Crippen LogP contribution < -0.4 is 5.32 Å². The highest BCUT2D eigenvalue weighted by molar-refractivity contribution is 5.96. The van der Waals surface area contributed by atoms with Crippen LogP contribution in [0.15, 0.2) is 48.5 Å². The monoisotopic (exact) mass is 353 g/mol. The molecule has 5 heteroatoms. The summed E-state index contributed by atoms with van der Waals surface area (Å²) in [7, 11) is 0. The van der Waals surface area contributed by atoms with Gasteiger partial charge in [0.25, 0.3) is 5.91 Å². The van der Waals surface area contributed by atoms with Crippen molar-refractivity contribution in [1.29, 1.82) is 0 Å². The first kappa shape index (κ1) is 17.9. The first-order valence-corrected chi connectivity index (χ1v) is 8.59. The molecular weight excluding hydrogens is 333 g/mol. The maximum Gasteiger partial charge on any atom is 0.331 e. The lowest BCUT2D eigenvalue weighted by atomic mass is 10.1. The van der Waals surface area contributed by atoms with E-state index in [9.17, 15) is 14.0 Å². The van der Waals surface area contributed by atoms with Crippen molar-refractivity contribution in [1.82, 2.24) is 0 Å². The Bertz CT molecular complexity index is 860. The molecule has 4 nitrogen and oxygen atoms in total. The minimum absolute atomic E-state index is 0.277. The summed E-state index contributed by atoms with van der Waals surface area (Å²) in [6.45, 7) is 1.50. The van der Waals surface area contributed by atoms with Crippen molar-refractivity contribution in [2.24, 2.45) is 0 Å². The van der Waals surface area contributed by atoms with Gasteiger partial charge in [0.2, 0.25) is 0 Å². The van der Waals surface area contributed by atoms with Crippen LogP contribution in [0.4, 0.5) is 10.1 Å². The number of nitrogens with one attached hydrogen (secondary N) is 1. The Morgan fingerprint density at radius 1 is 1.15 bits per heavy atom. The SMILES string of the molecule is C[C@H](OC(=O)/C=C/c1ccccc1F)C(=O)Nc1ccc2c(c1)CCC2. The van der Waals surface area contributed by atoms with Crippen molar-refractivity contribution < 1.29 is 18.7 Å². The first-order chi connectivity index (χ1) is 12.5. The van der Waals surface area contributed by atoms with Gasteiger partial charge in [0.15, 0.2) is 6.10 Å². The van der Waals surface area contributed by atoms with Crippen LogP contribution in [0.25, 0.3) is 6.08 Å². The minimum Gasteiger partial charge on any atom is -0.449 e. The second kappa shape index (κ2) is 7.95. The molecule has 0 heterocycles. The van der Waals surface area contributed by atoms with Gasteiger partial charge in [0.05, 0.1) is 0 Å². The van der Waals surface area contributed by atoms with Crippen molar-refractivity contribution in [2.45, 2.75) is 32.3 Å². The lowest BCUT2D eigenvalue weighted by Gasteiger charge is -2.13. The number of aryl methyl sites for hydroxylation is 2. The fourth-order valence-electron chi connectivity index (χ4n) is 2.93. The van der Waals surface area contributed by atoms with Crippen LogP contribution in [-0.2, 0) is 27.2 Å². The van der Waals surface area contributed by atoms with E-state index in [1.165, 1.54) is 30.2 Å². The van der Waals surface area contributed by atoms with Crippen molar-refractivity contribution in [2.75, 3.05) is 5.32 Å². The molecule has 0 unspecified atom stereocenters. The smallest absolute Gasteiger partial charge is 0.331 e. The van der Waals surface area contributed by atoms with E-state index in [-0.39, 0.29) is 5.56 Å². The number of ether oxygens (including phenoxy) is 1. The van der Waals surface area contributed by atoms with E-state index in [1.54, 1.807) is 18.2 Å². The number of rotatable bonds is 5. The molecule has 26 heavy (non-hydrogen) atoms. The molecule has 1 atom stereocenters. The quantitative estimate of drug-likeness (QED) is 0.655. The van der Waals surface area contributed by atoms with Crippen molar-refractivity contribution in [3.05, 3.63) is 71.0 Å². The molecule has 134 valence electrons. The molecule has 0 radical (unpaired) electrons. The summed E-state index contributed by atoms with van der Waals surface area (Å²) >= 11 is 0. The maximum atomic E-state index is 13.5. The third-order valence-corrected chi connectivity index (χ3v) is 4.33. The lowest BCUT2D eigenvalue weighted by molar-refractivity contribution is -0.148. The molecule has 1 amide bonds. The number of amides is 1. The Balaban J connectivity index is 1.55. The zero-order valence-corrected chi connectivity index (χ0v) is 14.5. The summed E-state index contributed by atoms with van der Waals surface area (Å²) in [5, 5.41) is 2.76. The Hall–Kier alpha value is -2.95. The van der Waals surface area contributed by atoms with Gasteiger partial charge in [0, 0.05) is 17.3 Å². The van der Waals surface area contributed by atoms with Gasteiger partial charge in [-0.25, -0.2) is 9.18 Å². The molecule has 0 saturated heterocycles. The lowest BCUT2D eigenvalue weighted by Crippen LogP contribution is -2.29. The number of benzene rings is 2. The predicted molar refractivity (Wildman–Crippen MR) is 98.1 cm³/mol. The number of carbonyl (C=O) groups is 2. The molecule has 1 aliphatic carbocycles. The highest BCUT2D eigenvalue weighted by atomic mass is 19.1. The van der Waals surface area contributed by atoms with Crippen LogP contribution in [0.2, 0.25) is 0 Å². The van der Waals surface area contributed by atoms with Gasteiger partial charge in [-0.15, -0.1) is 0 Å². The Labute approximate surface area is 151 Å². The van der Waals surface area contributed by atoms with Gasteiger partial charge < -0.3 is 10.1 Å². The molecule has 0 aliphatic heterocycles. The van der Waals surface area contributed by atoms with Crippen LogP contribution in [0.3, 0.4) is 0 Å². The molecule has 0 saturated carbocycles. The number of halogens is 1. The van der Waals surface area contributed by atoms with Gasteiger partial charge in [0.1, 0.15) is 5.82 Å². The molecule has 2 aromatic carbocycles. The summed E-state index contributed by atoms with van der Waals surface area (Å²) in [5.41, 5.74) is 3.54. The van der Waals surface area contributed by atoms with E-state index in [1.807, 2.05) is 18.2 Å². The second-order valence-electron chi connectivity index (χ2n) is 6.26. The van der Waals surface area contributed by atoms with E-state index >= 15 is 0 Å². The molecule has 0 fully saturated rings. The summed E-state index contributed by atoms with van der Waals surface area (Å²) in [6, 6.07) is 11.9. The first-order valence-electron chi connectivity index (χ1n) is 8.59. The zero-order valence-electron chi connectivity index (χ0n) is 14.5. The largest absolute Gasteiger partial charge is 0.449 e. The number of fused-ring (bicyclic) bond motifs is 1. The standard InChI is InChI=1S/C21H20FNO3/c1-14(26-20(24)12-10-16-5-2-3-8-19(16)22)21(25)23-18-11-9-15-6-4-7-17(15)13-18/h2-3,5,8-14H,4,6-7H2,1H3,(H,23,25)/b12-10+/t14-/m0/s1. The van der Waals surface area contributed by atoms with Crippen LogP contribution in [0.1, 0.15) is 30.0 Å². The average molecular weight is 353 g/mol. The van der Waals surface area contributed by atoms with Gasteiger partial charge in [-0.1, -0.05) is 24.3 Å². The molecule has 1 aliphatic rings. The number of hydrogen-bond acceptors (Lipinski definition) is 3. The molecule has 0 spiro atoms. The molecule has 2 aromatic rings. The topological polar surface area (TPSA) is 55.4 Å². The van der Waals surface area contributed by atoms with Gasteiger partial charge in [-0.2, -0.15) is 0 Å². The van der Waals surface area contributed by atoms with Crippen LogP contribution >= 0.6 is 0 Å². The Morgan fingerprint density at radius 3 is 2.73 bits per heavy atom. The summed E-state index contributed by atoms with van der Waals surface area (Å²) in [6.07, 6.45) is 4.70. The third kappa shape index (κ3) is 4.36. The van der Waals surface area contributed by atoms with Crippen LogP contribution in [-0.4, -0.2) is 18.0 Å². The van der Waals surface area contributed by atoms with E-state index in [4.69, 9.17) is 4.74 Å². The second-order valence-corrected chi connectivity index (χ2v) is 6.26. The summed E-state index contributed by atoms with van der Waals surface area (Å²) < 4.78 is 18.6. The third-order valence-electron chi connectivity index (χ3n) is 4.33. The van der Waals surface area contributed by atoms with Crippen molar-refractivity contribution in [3.8, 4) is 0 Å². The summed E-state index contributed by atoms with van der Waals surface area (Å²) in [4.78, 5) is 24.0. The molecule has 0 aromatic heterocycles. The molecule has 3 rings (SSSR count). The van der Waals surface area contributed by atoms with E-state index in [0.29, 0.717) is 5.69 Å². The number of anilines is 1. The maximum absolute atomic E-state index is 13.5. The molecule has 0 bridgehead atoms. The Kier molecular flexibility index (Phi) is 5.46.